The predicted molar refractivity (Wildman–Crippen MR) is 141 cm³/mol. The topological polar surface area (TPSA) is 109 Å². The van der Waals surface area contributed by atoms with E-state index in [9.17, 15) is 28.1 Å². The number of pyridine rings is 1. The first-order valence-electron chi connectivity index (χ1n) is 11.9. The van der Waals surface area contributed by atoms with E-state index in [-0.39, 0.29) is 40.3 Å². The van der Waals surface area contributed by atoms with Gasteiger partial charge in [-0.2, -0.15) is 18.3 Å². The van der Waals surface area contributed by atoms with Crippen LogP contribution in [-0.4, -0.2) is 19.7 Å². The molecular weight excluding hydrogens is 553 g/mol. The molecule has 9 nitrogen and oxygen atoms in total. The smallest absolute Gasteiger partial charge is 0.417 e. The van der Waals surface area contributed by atoms with Gasteiger partial charge in [0.25, 0.3) is 11.2 Å². The minimum absolute atomic E-state index is 0.121. The third-order valence-corrected chi connectivity index (χ3v) is 6.27. The Morgan fingerprint density at radius 3 is 2.50 bits per heavy atom. The summed E-state index contributed by atoms with van der Waals surface area (Å²) in [6, 6.07) is 11.6. The number of aromatic nitrogens is 3. The fraction of sp³-hybridized carbons (Fsp3) is 0.222. The molecule has 0 spiro atoms. The summed E-state index contributed by atoms with van der Waals surface area (Å²) < 4.78 is 51.7. The van der Waals surface area contributed by atoms with E-state index in [0.29, 0.717) is 35.0 Å². The number of aryl methyl sites for hydroxylation is 3. The van der Waals surface area contributed by atoms with Gasteiger partial charge in [0.15, 0.2) is 5.75 Å². The molecule has 0 aliphatic rings. The molecule has 13 heteroatoms. The molecule has 0 unspecified atom stereocenters. The maximum absolute atomic E-state index is 13.3. The van der Waals surface area contributed by atoms with Crippen LogP contribution >= 0.6 is 11.6 Å². The van der Waals surface area contributed by atoms with Gasteiger partial charge in [0.1, 0.15) is 23.1 Å². The van der Waals surface area contributed by atoms with E-state index in [1.54, 1.807) is 37.3 Å². The van der Waals surface area contributed by atoms with Gasteiger partial charge in [0, 0.05) is 19.3 Å². The molecule has 2 heterocycles. The number of benzene rings is 2. The molecule has 0 saturated carbocycles. The fourth-order valence-corrected chi connectivity index (χ4v) is 4.27. The molecule has 40 heavy (non-hydrogen) atoms. The average Bonchev–Trinajstić information content (AvgIpc) is 2.90. The van der Waals surface area contributed by atoms with Crippen molar-refractivity contribution in [3.8, 4) is 28.5 Å². The predicted octanol–water partition coefficient (Wildman–Crippen LogP) is 6.66. The molecule has 4 rings (SSSR count). The number of rotatable bonds is 8. The highest BCUT2D eigenvalue weighted by molar-refractivity contribution is 6.31. The summed E-state index contributed by atoms with van der Waals surface area (Å²) in [4.78, 5) is 27.9. The number of ether oxygens (including phenoxy) is 2. The second kappa shape index (κ2) is 11.3. The van der Waals surface area contributed by atoms with Crippen LogP contribution < -0.4 is 15.0 Å². The van der Waals surface area contributed by atoms with Crippen LogP contribution in [-0.2, 0) is 26.3 Å². The van der Waals surface area contributed by atoms with Gasteiger partial charge in [0.2, 0.25) is 5.88 Å². The zero-order valence-corrected chi connectivity index (χ0v) is 22.2. The van der Waals surface area contributed by atoms with Crippen LogP contribution in [0.15, 0.2) is 59.5 Å². The molecule has 0 bridgehead atoms. The SMILES string of the molecule is CCc1cc(Oc2ncc(C(F)(F)F)cc2Cl)ccc1-c1c(OCc2ccccc2[N+](=O)[O-])c(C)nn(C)c1=O. The van der Waals surface area contributed by atoms with Crippen molar-refractivity contribution >= 4 is 17.3 Å². The van der Waals surface area contributed by atoms with Gasteiger partial charge in [-0.05, 0) is 48.7 Å². The van der Waals surface area contributed by atoms with Crippen LogP contribution in [0, 0.1) is 17.0 Å². The van der Waals surface area contributed by atoms with E-state index in [4.69, 9.17) is 21.1 Å². The van der Waals surface area contributed by atoms with Crippen LogP contribution in [0.1, 0.15) is 29.3 Å². The number of nitrogens with zero attached hydrogens (tertiary/aromatic N) is 4. The van der Waals surface area contributed by atoms with E-state index >= 15 is 0 Å². The Morgan fingerprint density at radius 2 is 1.85 bits per heavy atom. The molecule has 0 radical (unpaired) electrons. The first-order valence-corrected chi connectivity index (χ1v) is 12.2. The third-order valence-electron chi connectivity index (χ3n) is 6.00. The van der Waals surface area contributed by atoms with E-state index in [1.807, 2.05) is 6.92 Å². The Labute approximate surface area is 230 Å². The van der Waals surface area contributed by atoms with E-state index < -0.39 is 22.2 Å². The molecule has 0 atom stereocenters. The Kier molecular flexibility index (Phi) is 8.10. The normalized spacial score (nSPS) is 11.4. The van der Waals surface area contributed by atoms with Gasteiger partial charge in [-0.3, -0.25) is 14.9 Å². The van der Waals surface area contributed by atoms with Crippen molar-refractivity contribution < 1.29 is 27.6 Å². The summed E-state index contributed by atoms with van der Waals surface area (Å²) in [6.07, 6.45) is -3.54. The molecule has 0 aliphatic heterocycles. The van der Waals surface area contributed by atoms with Crippen LogP contribution in [0.3, 0.4) is 0 Å². The van der Waals surface area contributed by atoms with Crippen LogP contribution in [0.5, 0.6) is 17.4 Å². The number of para-hydroxylation sites is 1. The Hall–Kier alpha value is -4.45. The monoisotopic (exact) mass is 574 g/mol. The zero-order valence-electron chi connectivity index (χ0n) is 21.5. The van der Waals surface area contributed by atoms with Crippen molar-refractivity contribution in [1.82, 2.24) is 14.8 Å². The standard InChI is InChI=1S/C27H22ClF3N4O5/c1-4-16-11-19(40-25-21(28)12-18(13-32-25)27(29,30)31)9-10-20(16)23-24(15(2)33-34(3)26(23)36)39-14-17-7-5-6-8-22(17)35(37)38/h5-13H,4,14H2,1-3H3. The lowest BCUT2D eigenvalue weighted by molar-refractivity contribution is -0.385. The second-order valence-corrected chi connectivity index (χ2v) is 9.08. The lowest BCUT2D eigenvalue weighted by Crippen LogP contribution is -2.24. The molecule has 0 amide bonds. The highest BCUT2D eigenvalue weighted by atomic mass is 35.5. The summed E-state index contributed by atoms with van der Waals surface area (Å²) in [5, 5.41) is 15.3. The minimum atomic E-state index is -4.60. The van der Waals surface area contributed by atoms with Crippen molar-refractivity contribution in [3.63, 3.8) is 0 Å². The van der Waals surface area contributed by atoms with Gasteiger partial charge < -0.3 is 9.47 Å². The molecule has 0 fully saturated rings. The van der Waals surface area contributed by atoms with Crippen molar-refractivity contribution in [2.45, 2.75) is 33.1 Å². The molecule has 0 saturated heterocycles. The van der Waals surface area contributed by atoms with Gasteiger partial charge in [-0.15, -0.1) is 0 Å². The Balaban J connectivity index is 1.73. The summed E-state index contributed by atoms with van der Waals surface area (Å²) >= 11 is 5.98. The lowest BCUT2D eigenvalue weighted by Gasteiger charge is -2.17. The second-order valence-electron chi connectivity index (χ2n) is 8.68. The maximum Gasteiger partial charge on any atom is 0.417 e. The number of nitro benzene ring substituents is 1. The number of hydrogen-bond acceptors (Lipinski definition) is 7. The Morgan fingerprint density at radius 1 is 1.12 bits per heavy atom. The van der Waals surface area contributed by atoms with Crippen molar-refractivity contribution in [1.29, 1.82) is 0 Å². The summed E-state index contributed by atoms with van der Waals surface area (Å²) in [7, 11) is 1.49. The highest BCUT2D eigenvalue weighted by Crippen LogP contribution is 2.37. The quantitative estimate of drug-likeness (QED) is 0.171. The average molecular weight is 575 g/mol. The number of alkyl halides is 3. The number of hydrogen-bond donors (Lipinski definition) is 0. The van der Waals surface area contributed by atoms with E-state index in [0.717, 1.165) is 10.7 Å². The molecule has 208 valence electrons. The van der Waals surface area contributed by atoms with Crippen LogP contribution in [0.4, 0.5) is 18.9 Å². The molecular formula is C27H22ClF3N4O5. The molecule has 2 aromatic heterocycles. The van der Waals surface area contributed by atoms with Gasteiger partial charge in [-0.1, -0.05) is 36.7 Å². The maximum atomic E-state index is 13.3. The molecule has 2 aromatic carbocycles. The van der Waals surface area contributed by atoms with Crippen molar-refractivity contribution in [2.24, 2.45) is 7.05 Å². The van der Waals surface area contributed by atoms with Crippen LogP contribution in [0.2, 0.25) is 5.02 Å². The molecule has 4 aromatic rings. The molecule has 0 aliphatic carbocycles. The van der Waals surface area contributed by atoms with E-state index in [1.165, 1.54) is 19.2 Å². The first kappa shape index (κ1) is 28.6. The number of nitro groups is 1. The van der Waals surface area contributed by atoms with Gasteiger partial charge in [-0.25, -0.2) is 9.67 Å². The largest absolute Gasteiger partial charge is 0.486 e. The summed E-state index contributed by atoms with van der Waals surface area (Å²) in [6.45, 7) is 3.32. The number of halogens is 4. The van der Waals surface area contributed by atoms with Gasteiger partial charge in [0.05, 0.1) is 21.6 Å². The molecule has 0 N–H and O–H groups in total. The van der Waals surface area contributed by atoms with Crippen molar-refractivity contribution in [2.75, 3.05) is 0 Å². The summed E-state index contributed by atoms with van der Waals surface area (Å²) in [5.74, 6) is 0.186. The minimum Gasteiger partial charge on any atom is -0.486 e. The first-order chi connectivity index (χ1) is 18.9. The van der Waals surface area contributed by atoms with Crippen LogP contribution in [0.25, 0.3) is 11.1 Å². The zero-order chi connectivity index (χ0) is 29.2. The Bertz CT molecular complexity index is 1660. The summed E-state index contributed by atoms with van der Waals surface area (Å²) in [5.41, 5.74) is 0.472. The highest BCUT2D eigenvalue weighted by Gasteiger charge is 2.32. The van der Waals surface area contributed by atoms with E-state index in [2.05, 4.69) is 10.1 Å². The van der Waals surface area contributed by atoms with Gasteiger partial charge >= 0.3 is 6.18 Å². The fourth-order valence-electron chi connectivity index (χ4n) is 4.07. The lowest BCUT2D eigenvalue weighted by atomic mass is 9.97. The van der Waals surface area contributed by atoms with Crippen molar-refractivity contribution in [3.05, 3.63) is 103 Å². The third kappa shape index (κ3) is 5.91.